The van der Waals surface area contributed by atoms with Gasteiger partial charge in [-0.25, -0.2) is 4.79 Å². The number of benzene rings is 4. The van der Waals surface area contributed by atoms with Crippen LogP contribution >= 0.6 is 0 Å². The van der Waals surface area contributed by atoms with Gasteiger partial charge in [-0.1, -0.05) is 24.3 Å². The maximum atomic E-state index is 14.6. The SMILES string of the molecule is O=C(O)CCCN(CCNC(=O)F)CCC(=O)NCCCCC1CN2CCNC(=O)c3cccc(c3O)C(=O)NCCN(CCNC(=O)c3cccc(c3O)C(=O)N1)CCN1CCNC(=O)c3cccc(c3O)C(=O)NCCN(CCNC(=O)c3cccc(c3O)C(=O)NCC1)CC2. The maximum Gasteiger partial charge on any atom is 0.397 e. The summed E-state index contributed by atoms with van der Waals surface area (Å²) in [5.74, 6) is -9.34. The van der Waals surface area contributed by atoms with Crippen molar-refractivity contribution in [1.82, 2.24) is 77.7 Å². The molecular weight excluding hydrogens is 1280 g/mol. The number of carbonyl (C=O) groups excluding carboxylic acids is 10. The second-order valence-electron chi connectivity index (χ2n) is 23.7. The van der Waals surface area contributed by atoms with Crippen LogP contribution in [-0.2, 0) is 9.59 Å². The molecule has 98 heavy (non-hydrogen) atoms. The molecule has 4 aromatic rings. The molecule has 0 aromatic heterocycles. The summed E-state index contributed by atoms with van der Waals surface area (Å²) in [6, 6.07) is 15.9. The average molecular weight is 1370 g/mol. The molecule has 31 nitrogen and oxygen atoms in total. The molecule has 15 N–H and O–H groups in total. The van der Waals surface area contributed by atoms with Gasteiger partial charge >= 0.3 is 12.1 Å². The first-order valence-electron chi connectivity index (χ1n) is 32.8. The number of carboxylic acid groups (broad SMARTS) is 1. The van der Waals surface area contributed by atoms with Gasteiger partial charge < -0.3 is 83.6 Å². The number of phenols is 4. The van der Waals surface area contributed by atoms with Gasteiger partial charge in [-0.2, -0.15) is 0 Å². The number of carbonyl (C=O) groups is 11. The number of hydrogen-bond donors (Lipinski definition) is 15. The van der Waals surface area contributed by atoms with E-state index in [2.05, 4.69) is 47.9 Å². The minimum absolute atomic E-state index is 0.01000. The van der Waals surface area contributed by atoms with Gasteiger partial charge in [0.25, 0.3) is 47.3 Å². The van der Waals surface area contributed by atoms with Crippen LogP contribution in [-0.4, -0.2) is 278 Å². The predicted octanol–water partition coefficient (Wildman–Crippen LogP) is -0.412. The zero-order valence-electron chi connectivity index (χ0n) is 54.6. The smallest absolute Gasteiger partial charge is 0.397 e. The molecule has 3 atom stereocenters. The Kier molecular flexibility index (Phi) is 29.7. The summed E-state index contributed by atoms with van der Waals surface area (Å²) in [5, 5.41) is 82.9. The molecule has 0 aliphatic carbocycles. The Morgan fingerprint density at radius 1 is 0.408 bits per heavy atom. The van der Waals surface area contributed by atoms with Gasteiger partial charge in [0.1, 0.15) is 23.0 Å². The van der Waals surface area contributed by atoms with Crippen molar-refractivity contribution in [3.05, 3.63) is 117 Å². The number of unbranched alkanes of at least 4 members (excludes halogenated alkanes) is 1. The third-order valence-electron chi connectivity index (χ3n) is 16.9. The van der Waals surface area contributed by atoms with Crippen LogP contribution < -0.4 is 53.2 Å². The molecule has 32 heteroatoms. The van der Waals surface area contributed by atoms with Crippen molar-refractivity contribution in [3.8, 4) is 23.0 Å². The number of aliphatic carboxylic acids is 1. The molecule has 10 amide bonds. The molecule has 0 radical (unpaired) electrons. The molecule has 4 aromatic carbocycles. The maximum absolute atomic E-state index is 14.6. The van der Waals surface area contributed by atoms with Crippen LogP contribution in [0.3, 0.4) is 0 Å². The fourth-order valence-electron chi connectivity index (χ4n) is 11.4. The van der Waals surface area contributed by atoms with Crippen LogP contribution in [0.5, 0.6) is 23.0 Å². The monoisotopic (exact) mass is 1370 g/mol. The molecule has 8 rings (SSSR count). The number of rotatable bonds is 15. The highest BCUT2D eigenvalue weighted by molar-refractivity contribution is 6.06. The largest absolute Gasteiger partial charge is 0.506 e. The van der Waals surface area contributed by atoms with Gasteiger partial charge in [0.2, 0.25) is 5.91 Å². The number of fused-ring (bicyclic) bond motifs is 16. The Balaban J connectivity index is 1.25. The lowest BCUT2D eigenvalue weighted by atomic mass is 10.0. The van der Waals surface area contributed by atoms with E-state index in [1.807, 2.05) is 24.9 Å². The first-order chi connectivity index (χ1) is 47.2. The fourth-order valence-corrected chi connectivity index (χ4v) is 11.4. The lowest BCUT2D eigenvalue weighted by Crippen LogP contribution is -2.49. The van der Waals surface area contributed by atoms with E-state index in [4.69, 9.17) is 5.11 Å². The van der Waals surface area contributed by atoms with E-state index in [9.17, 15) is 77.6 Å². The molecule has 4 heterocycles. The highest BCUT2D eigenvalue weighted by atomic mass is 19.1. The van der Waals surface area contributed by atoms with Crippen molar-refractivity contribution >= 4 is 65.3 Å². The highest BCUT2D eigenvalue weighted by Crippen LogP contribution is 2.26. The summed E-state index contributed by atoms with van der Waals surface area (Å²) < 4.78 is 12.9. The molecule has 530 valence electrons. The molecule has 0 fully saturated rings. The van der Waals surface area contributed by atoms with E-state index >= 15 is 0 Å². The van der Waals surface area contributed by atoms with E-state index < -0.39 is 88.4 Å². The third-order valence-corrected chi connectivity index (χ3v) is 16.9. The first-order valence-corrected chi connectivity index (χ1v) is 32.8. The van der Waals surface area contributed by atoms with Crippen molar-refractivity contribution in [2.75, 3.05) is 157 Å². The van der Waals surface area contributed by atoms with E-state index in [-0.39, 0.29) is 233 Å². The fraction of sp³-hybridized carbons (Fsp3) is 0.470. The summed E-state index contributed by atoms with van der Waals surface area (Å²) >= 11 is 0. The molecule has 4 aliphatic rings. The predicted molar refractivity (Wildman–Crippen MR) is 355 cm³/mol. The number of amides is 10. The Bertz CT molecular complexity index is 3380. The number of aromatic hydroxyl groups is 4. The van der Waals surface area contributed by atoms with Crippen LogP contribution in [0, 0.1) is 0 Å². The standard InChI is InChI=1S/C66H88FN15O16/c67-66(98)76-27-36-78(28-7-17-53(84)85)29-18-52(83)68-19-2-1-8-43-42-82-37-26-75-63(95)49-14-5-13-48(56(49)88)60(92)71-22-32-80(33-23-74-64(96)50-15-6-16-51(57(50)89)65(97)77-43)39-38-79-30-20-69-58(90)44-9-3-11-46(54(44)86)61(93)72-24-34-81(40-41-82)35-25-73-62(94)47-12-4-10-45(55(47)87)59(91)70-21-31-79/h3-6,9-16,43,86-89H,1-2,7-8,17-42H2,(H,68,83)(H,69,90)(H,70,91)(H,71,92)(H,72,93)(H,73,94)(H,74,96)(H,75,95)(H,76,98)(H,77,97)(H,84,85). The van der Waals surface area contributed by atoms with Crippen molar-refractivity contribution < 1.29 is 82.7 Å². The van der Waals surface area contributed by atoms with Crippen molar-refractivity contribution in [3.63, 3.8) is 0 Å². The molecule has 4 aliphatic heterocycles. The van der Waals surface area contributed by atoms with Gasteiger partial charge in [-0.05, 0) is 80.8 Å². The van der Waals surface area contributed by atoms with Gasteiger partial charge in [0.15, 0.2) is 0 Å². The summed E-state index contributed by atoms with van der Waals surface area (Å²) in [6.45, 7) is 2.01. The number of para-hydroxylation sites is 4. The molecular formula is C66H88FN15O16. The van der Waals surface area contributed by atoms with Crippen LogP contribution in [0.1, 0.15) is 121 Å². The Morgan fingerprint density at radius 2 is 0.735 bits per heavy atom. The van der Waals surface area contributed by atoms with Crippen molar-refractivity contribution in [2.45, 2.75) is 44.6 Å². The molecule has 3 unspecified atom stereocenters. The highest BCUT2D eigenvalue weighted by Gasteiger charge is 2.27. The zero-order valence-corrected chi connectivity index (χ0v) is 54.6. The van der Waals surface area contributed by atoms with Crippen LogP contribution in [0.2, 0.25) is 0 Å². The van der Waals surface area contributed by atoms with Gasteiger partial charge in [-0.15, -0.1) is 4.39 Å². The van der Waals surface area contributed by atoms with E-state index in [0.29, 0.717) is 12.8 Å². The number of hydrogen-bond acceptors (Lipinski definition) is 20. The number of phenolic OH excluding ortho intramolecular Hbond substituents is 4. The summed E-state index contributed by atoms with van der Waals surface area (Å²) in [4.78, 5) is 156. The first kappa shape index (κ1) is 75.4. The summed E-state index contributed by atoms with van der Waals surface area (Å²) in [7, 11) is 0. The third kappa shape index (κ3) is 23.4. The van der Waals surface area contributed by atoms with Gasteiger partial charge in [-0.3, -0.25) is 67.5 Å². The van der Waals surface area contributed by atoms with Crippen molar-refractivity contribution in [1.29, 1.82) is 0 Å². The van der Waals surface area contributed by atoms with Gasteiger partial charge in [0.05, 0.1) is 44.5 Å². The van der Waals surface area contributed by atoms with E-state index in [1.54, 1.807) is 4.90 Å². The lowest BCUT2D eigenvalue weighted by molar-refractivity contribution is -0.137. The van der Waals surface area contributed by atoms with E-state index in [0.717, 1.165) is 0 Å². The van der Waals surface area contributed by atoms with Crippen LogP contribution in [0.25, 0.3) is 0 Å². The van der Waals surface area contributed by atoms with E-state index in [1.165, 1.54) is 72.8 Å². The zero-order chi connectivity index (χ0) is 70.5. The topological polar surface area (TPSA) is 425 Å². The number of nitrogens with one attached hydrogen (secondary N) is 10. The number of halogens is 1. The van der Waals surface area contributed by atoms with Crippen LogP contribution in [0.4, 0.5) is 9.18 Å². The van der Waals surface area contributed by atoms with Crippen LogP contribution in [0.15, 0.2) is 72.8 Å². The Morgan fingerprint density at radius 3 is 1.07 bits per heavy atom. The second kappa shape index (κ2) is 38.7. The van der Waals surface area contributed by atoms with Crippen molar-refractivity contribution in [2.24, 2.45) is 0 Å². The molecule has 0 saturated carbocycles. The minimum atomic E-state index is -1.72. The number of carboxylic acids is 1. The number of nitrogens with zero attached hydrogens (tertiary/aromatic N) is 5. The molecule has 0 saturated heterocycles. The summed E-state index contributed by atoms with van der Waals surface area (Å²) in [6.07, 6.45) is -0.618. The average Bonchev–Trinajstić information content (AvgIpc) is 0.908. The normalized spacial score (nSPS) is 20.3. The Labute approximate surface area is 565 Å². The summed E-state index contributed by atoms with van der Waals surface area (Å²) in [5.41, 5.74) is -1.56. The molecule has 12 bridgehead atoms. The van der Waals surface area contributed by atoms with Gasteiger partial charge in [0, 0.05) is 169 Å². The Hall–Kier alpha value is -10.0. The molecule has 0 spiro atoms. The minimum Gasteiger partial charge on any atom is -0.506 e. The second-order valence-corrected chi connectivity index (χ2v) is 23.7. The lowest BCUT2D eigenvalue weighted by Gasteiger charge is -2.31. The quantitative estimate of drug-likeness (QED) is 0.0409.